The van der Waals surface area contributed by atoms with Gasteiger partial charge in [-0.15, -0.1) is 0 Å². The van der Waals surface area contributed by atoms with Crippen molar-refractivity contribution in [2.75, 3.05) is 19.7 Å². The van der Waals surface area contributed by atoms with E-state index in [0.717, 1.165) is 21.5 Å². The number of carbonyl (C=O) groups excluding carboxylic acids is 1. The van der Waals surface area contributed by atoms with Gasteiger partial charge in [0, 0.05) is 29.0 Å². The summed E-state index contributed by atoms with van der Waals surface area (Å²) in [6.07, 6.45) is 1.57. The summed E-state index contributed by atoms with van der Waals surface area (Å²) in [5.41, 5.74) is 2.50. The highest BCUT2D eigenvalue weighted by atomic mass is 79.9. The summed E-state index contributed by atoms with van der Waals surface area (Å²) < 4.78 is 12.0. The highest BCUT2D eigenvalue weighted by molar-refractivity contribution is 9.10. The van der Waals surface area contributed by atoms with Crippen molar-refractivity contribution in [2.24, 2.45) is 0 Å². The molecule has 3 heterocycles. The number of hydrogen-bond donors (Lipinski definition) is 0. The fraction of sp³-hybridized carbons (Fsp3) is 0.286. The van der Waals surface area contributed by atoms with Crippen LogP contribution < -0.4 is 0 Å². The third-order valence-corrected chi connectivity index (χ3v) is 6.20. The maximum absolute atomic E-state index is 13.2. The van der Waals surface area contributed by atoms with Crippen LogP contribution in [-0.2, 0) is 10.5 Å². The molecule has 3 aromatic rings. The van der Waals surface area contributed by atoms with Crippen LogP contribution in [0.25, 0.3) is 0 Å². The van der Waals surface area contributed by atoms with E-state index in [1.807, 2.05) is 48.2 Å². The monoisotopic (exact) mass is 473 g/mol. The number of amides is 1. The molecule has 2 aromatic heterocycles. The van der Waals surface area contributed by atoms with Gasteiger partial charge in [-0.05, 0) is 36.8 Å². The predicted molar refractivity (Wildman–Crippen MR) is 114 cm³/mol. The summed E-state index contributed by atoms with van der Waals surface area (Å²) >= 11 is 4.94. The van der Waals surface area contributed by atoms with Crippen LogP contribution >= 0.6 is 27.7 Å². The molecule has 0 saturated carbocycles. The molecule has 4 rings (SSSR count). The molecule has 1 atom stereocenters. The van der Waals surface area contributed by atoms with E-state index >= 15 is 0 Å². The molecule has 0 aliphatic carbocycles. The van der Waals surface area contributed by atoms with E-state index < -0.39 is 0 Å². The highest BCUT2D eigenvalue weighted by Gasteiger charge is 2.27. The van der Waals surface area contributed by atoms with Crippen LogP contribution in [0.15, 0.2) is 62.7 Å². The Hall–Kier alpha value is -2.16. The number of ether oxygens (including phenoxy) is 1. The zero-order valence-electron chi connectivity index (χ0n) is 15.9. The summed E-state index contributed by atoms with van der Waals surface area (Å²) in [5.74, 6) is 1.34. The van der Waals surface area contributed by atoms with E-state index in [4.69, 9.17) is 9.26 Å². The maximum Gasteiger partial charge on any atom is 0.256 e. The summed E-state index contributed by atoms with van der Waals surface area (Å²) in [5, 5.41) is 4.70. The molecule has 0 spiro atoms. The summed E-state index contributed by atoms with van der Waals surface area (Å²) in [6.45, 7) is 3.44. The molecule has 6 nitrogen and oxygen atoms in total. The van der Waals surface area contributed by atoms with Crippen LogP contribution in [0.4, 0.5) is 0 Å². The minimum atomic E-state index is -0.133. The number of rotatable bonds is 5. The van der Waals surface area contributed by atoms with Crippen molar-refractivity contribution in [3.05, 3.63) is 75.7 Å². The molecule has 1 aromatic carbocycles. The summed E-state index contributed by atoms with van der Waals surface area (Å²) in [6, 6.07) is 13.5. The van der Waals surface area contributed by atoms with Crippen LogP contribution in [0.1, 0.15) is 33.5 Å². The maximum atomic E-state index is 13.2. The van der Waals surface area contributed by atoms with E-state index in [0.29, 0.717) is 36.0 Å². The standard InChI is InChI=1S/C21H20BrN3O3S/c1-14-11-17(24-28-14)13-29-20-18(3-2-8-23-20)21(26)25-9-10-27-19(12-25)15-4-6-16(22)7-5-15/h2-8,11,19H,9-10,12-13H2,1H3. The largest absolute Gasteiger partial charge is 0.370 e. The van der Waals surface area contributed by atoms with Gasteiger partial charge in [0.25, 0.3) is 5.91 Å². The molecule has 0 bridgehead atoms. The Kier molecular flexibility index (Phi) is 6.32. The van der Waals surface area contributed by atoms with Crippen molar-refractivity contribution in [1.29, 1.82) is 0 Å². The third-order valence-electron chi connectivity index (χ3n) is 4.63. The molecule has 0 N–H and O–H groups in total. The number of halogens is 1. The zero-order chi connectivity index (χ0) is 20.2. The van der Waals surface area contributed by atoms with Crippen molar-refractivity contribution in [3.63, 3.8) is 0 Å². The molecule has 150 valence electrons. The van der Waals surface area contributed by atoms with E-state index in [1.165, 1.54) is 11.8 Å². The smallest absolute Gasteiger partial charge is 0.256 e. The Balaban J connectivity index is 1.48. The first-order chi connectivity index (χ1) is 14.1. The van der Waals surface area contributed by atoms with Gasteiger partial charge in [0.15, 0.2) is 0 Å². The fourth-order valence-corrected chi connectivity index (χ4v) is 4.31. The first kappa shape index (κ1) is 20.1. The molecular formula is C21H20BrN3O3S. The second-order valence-electron chi connectivity index (χ2n) is 6.74. The molecular weight excluding hydrogens is 454 g/mol. The fourth-order valence-electron chi connectivity index (χ4n) is 3.18. The molecule has 1 saturated heterocycles. The first-order valence-corrected chi connectivity index (χ1v) is 11.0. The van der Waals surface area contributed by atoms with Crippen LogP contribution in [0, 0.1) is 6.92 Å². The molecule has 8 heteroatoms. The average Bonchev–Trinajstić information content (AvgIpc) is 3.18. The van der Waals surface area contributed by atoms with E-state index in [1.54, 1.807) is 12.3 Å². The van der Waals surface area contributed by atoms with Crippen LogP contribution in [0.2, 0.25) is 0 Å². The average molecular weight is 474 g/mol. The Labute approximate surface area is 181 Å². The van der Waals surface area contributed by atoms with E-state index in [2.05, 4.69) is 26.1 Å². The van der Waals surface area contributed by atoms with Gasteiger partial charge < -0.3 is 14.2 Å². The van der Waals surface area contributed by atoms with Crippen molar-refractivity contribution < 1.29 is 14.1 Å². The Bertz CT molecular complexity index is 993. The van der Waals surface area contributed by atoms with Gasteiger partial charge in [-0.3, -0.25) is 4.79 Å². The van der Waals surface area contributed by atoms with Crippen LogP contribution in [0.3, 0.4) is 0 Å². The van der Waals surface area contributed by atoms with Crippen molar-refractivity contribution in [1.82, 2.24) is 15.0 Å². The second kappa shape index (κ2) is 9.11. The van der Waals surface area contributed by atoms with E-state index in [-0.39, 0.29) is 12.0 Å². The SMILES string of the molecule is Cc1cc(CSc2ncccc2C(=O)N2CCOC(c3ccc(Br)cc3)C2)no1. The van der Waals surface area contributed by atoms with Gasteiger partial charge in [0.1, 0.15) is 16.9 Å². The van der Waals surface area contributed by atoms with Crippen LogP contribution in [-0.4, -0.2) is 40.6 Å². The lowest BCUT2D eigenvalue weighted by molar-refractivity contribution is -0.0229. The number of pyridine rings is 1. The quantitative estimate of drug-likeness (QED) is 0.502. The van der Waals surface area contributed by atoms with E-state index in [9.17, 15) is 4.79 Å². The number of aromatic nitrogens is 2. The lowest BCUT2D eigenvalue weighted by atomic mass is 10.1. The van der Waals surface area contributed by atoms with Gasteiger partial charge in [-0.1, -0.05) is 45.0 Å². The Morgan fingerprint density at radius 3 is 2.90 bits per heavy atom. The van der Waals surface area contributed by atoms with Crippen LogP contribution in [0.5, 0.6) is 0 Å². The first-order valence-electron chi connectivity index (χ1n) is 9.26. The lowest BCUT2D eigenvalue weighted by Crippen LogP contribution is -2.42. The number of hydrogen-bond acceptors (Lipinski definition) is 6. The van der Waals surface area contributed by atoms with Crippen molar-refractivity contribution >= 4 is 33.6 Å². The molecule has 1 amide bonds. The lowest BCUT2D eigenvalue weighted by Gasteiger charge is -2.33. The minimum Gasteiger partial charge on any atom is -0.370 e. The molecule has 1 aliphatic heterocycles. The van der Waals surface area contributed by atoms with Crippen molar-refractivity contribution in [2.45, 2.75) is 23.8 Å². The normalized spacial score (nSPS) is 16.8. The molecule has 29 heavy (non-hydrogen) atoms. The predicted octanol–water partition coefficient (Wildman–Crippen LogP) is 4.65. The molecule has 1 fully saturated rings. The summed E-state index contributed by atoms with van der Waals surface area (Å²) in [4.78, 5) is 19.5. The number of morpholine rings is 1. The zero-order valence-corrected chi connectivity index (χ0v) is 18.3. The Morgan fingerprint density at radius 1 is 1.31 bits per heavy atom. The van der Waals surface area contributed by atoms with Gasteiger partial charge in [-0.25, -0.2) is 4.98 Å². The highest BCUT2D eigenvalue weighted by Crippen LogP contribution is 2.28. The van der Waals surface area contributed by atoms with Gasteiger partial charge in [0.05, 0.1) is 24.4 Å². The number of carbonyl (C=O) groups is 1. The molecule has 1 unspecified atom stereocenters. The topological polar surface area (TPSA) is 68.5 Å². The number of aryl methyl sites for hydroxylation is 1. The third kappa shape index (κ3) is 4.88. The number of benzene rings is 1. The minimum absolute atomic E-state index is 0.0256. The molecule has 0 radical (unpaired) electrons. The number of nitrogens with zero attached hydrogens (tertiary/aromatic N) is 3. The summed E-state index contributed by atoms with van der Waals surface area (Å²) in [7, 11) is 0. The second-order valence-corrected chi connectivity index (χ2v) is 8.62. The van der Waals surface area contributed by atoms with Gasteiger partial charge >= 0.3 is 0 Å². The van der Waals surface area contributed by atoms with Crippen molar-refractivity contribution in [3.8, 4) is 0 Å². The van der Waals surface area contributed by atoms with Gasteiger partial charge in [-0.2, -0.15) is 0 Å². The number of thioether (sulfide) groups is 1. The Morgan fingerprint density at radius 2 is 2.14 bits per heavy atom. The van der Waals surface area contributed by atoms with Gasteiger partial charge in [0.2, 0.25) is 0 Å². The molecule has 1 aliphatic rings.